The van der Waals surface area contributed by atoms with E-state index in [0.717, 1.165) is 5.56 Å². The second-order valence-electron chi connectivity index (χ2n) is 3.41. The highest BCUT2D eigenvalue weighted by atomic mass is 35.5. The van der Waals surface area contributed by atoms with E-state index in [9.17, 15) is 9.59 Å². The number of amides is 2. The fourth-order valence-corrected chi connectivity index (χ4v) is 1.21. The van der Waals surface area contributed by atoms with Crippen LogP contribution in [0.15, 0.2) is 29.4 Å². The maximum atomic E-state index is 11.2. The zero-order chi connectivity index (χ0) is 13.4. The SMILES string of the molecule is NNC(=O)CCC(=O)N/N=C/c1ccc(Cl)cc1. The summed E-state index contributed by atoms with van der Waals surface area (Å²) in [7, 11) is 0. The fourth-order valence-electron chi connectivity index (χ4n) is 1.08. The largest absolute Gasteiger partial charge is 0.294 e. The first-order chi connectivity index (χ1) is 8.61. The zero-order valence-corrected chi connectivity index (χ0v) is 10.3. The van der Waals surface area contributed by atoms with Gasteiger partial charge >= 0.3 is 0 Å². The summed E-state index contributed by atoms with van der Waals surface area (Å²) in [6, 6.07) is 6.96. The number of hydrazone groups is 1. The van der Waals surface area contributed by atoms with Gasteiger partial charge in [-0.25, -0.2) is 11.3 Å². The summed E-state index contributed by atoms with van der Waals surface area (Å²) in [6.07, 6.45) is 1.54. The van der Waals surface area contributed by atoms with E-state index in [1.807, 2.05) is 5.43 Å². The molecule has 0 heterocycles. The Hall–Kier alpha value is -1.92. The van der Waals surface area contributed by atoms with Crippen molar-refractivity contribution in [3.8, 4) is 0 Å². The molecule has 0 radical (unpaired) electrons. The summed E-state index contributed by atoms with van der Waals surface area (Å²) >= 11 is 5.72. The summed E-state index contributed by atoms with van der Waals surface area (Å²) in [4.78, 5) is 22.0. The van der Waals surface area contributed by atoms with E-state index in [2.05, 4.69) is 10.5 Å². The molecule has 1 rings (SSSR count). The average Bonchev–Trinajstić information content (AvgIpc) is 2.38. The van der Waals surface area contributed by atoms with Crippen molar-refractivity contribution in [3.63, 3.8) is 0 Å². The highest BCUT2D eigenvalue weighted by Crippen LogP contribution is 2.07. The minimum absolute atomic E-state index is 0.0266. The molecule has 0 aliphatic heterocycles. The predicted molar refractivity (Wildman–Crippen MR) is 68.8 cm³/mol. The third-order valence-corrected chi connectivity index (χ3v) is 2.26. The normalized spacial score (nSPS) is 10.3. The van der Waals surface area contributed by atoms with Crippen molar-refractivity contribution in [1.29, 1.82) is 0 Å². The van der Waals surface area contributed by atoms with Crippen LogP contribution in [-0.2, 0) is 9.59 Å². The Morgan fingerprint density at radius 1 is 1.22 bits per heavy atom. The Morgan fingerprint density at radius 3 is 2.44 bits per heavy atom. The molecular weight excluding hydrogens is 256 g/mol. The molecule has 18 heavy (non-hydrogen) atoms. The molecule has 0 spiro atoms. The van der Waals surface area contributed by atoms with Gasteiger partial charge < -0.3 is 0 Å². The van der Waals surface area contributed by atoms with Gasteiger partial charge in [-0.15, -0.1) is 0 Å². The molecule has 2 amide bonds. The Labute approximate surface area is 109 Å². The number of nitrogens with zero attached hydrogens (tertiary/aromatic N) is 1. The standard InChI is InChI=1S/C11H13ClN4O2/c12-9-3-1-8(2-4-9)7-14-16-11(18)6-5-10(17)15-13/h1-4,7H,5-6,13H2,(H,15,17)(H,16,18)/b14-7+. The number of carbonyl (C=O) groups is 2. The Balaban J connectivity index is 2.33. The van der Waals surface area contributed by atoms with Crippen molar-refractivity contribution < 1.29 is 9.59 Å². The quantitative estimate of drug-likeness (QED) is 0.315. The molecule has 0 saturated carbocycles. The molecular formula is C11H13ClN4O2. The minimum Gasteiger partial charge on any atom is -0.294 e. The fraction of sp³-hybridized carbons (Fsp3) is 0.182. The lowest BCUT2D eigenvalue weighted by Crippen LogP contribution is -2.31. The first-order valence-electron chi connectivity index (χ1n) is 5.18. The third-order valence-electron chi connectivity index (χ3n) is 2.01. The van der Waals surface area contributed by atoms with Gasteiger partial charge in [0.2, 0.25) is 11.8 Å². The second-order valence-corrected chi connectivity index (χ2v) is 3.85. The van der Waals surface area contributed by atoms with Crippen LogP contribution in [0.3, 0.4) is 0 Å². The van der Waals surface area contributed by atoms with Crippen LogP contribution in [0.5, 0.6) is 0 Å². The van der Waals surface area contributed by atoms with Gasteiger partial charge in [-0.1, -0.05) is 23.7 Å². The van der Waals surface area contributed by atoms with Crippen LogP contribution >= 0.6 is 11.6 Å². The van der Waals surface area contributed by atoms with Crippen LogP contribution < -0.4 is 16.7 Å². The highest BCUT2D eigenvalue weighted by molar-refractivity contribution is 6.30. The predicted octanol–water partition coefficient (Wildman–Crippen LogP) is 0.560. The van der Waals surface area contributed by atoms with Crippen LogP contribution in [0.4, 0.5) is 0 Å². The molecule has 0 atom stereocenters. The van der Waals surface area contributed by atoms with Gasteiger partial charge in [0.05, 0.1) is 6.21 Å². The molecule has 0 aromatic heterocycles. The molecule has 0 aliphatic rings. The van der Waals surface area contributed by atoms with Crippen LogP contribution in [-0.4, -0.2) is 18.0 Å². The van der Waals surface area contributed by atoms with E-state index < -0.39 is 5.91 Å². The molecule has 0 bridgehead atoms. The maximum Gasteiger partial charge on any atom is 0.240 e. The van der Waals surface area contributed by atoms with Gasteiger partial charge in [0.1, 0.15) is 0 Å². The maximum absolute atomic E-state index is 11.2. The lowest BCUT2D eigenvalue weighted by molar-refractivity contribution is -0.126. The zero-order valence-electron chi connectivity index (χ0n) is 9.52. The van der Waals surface area contributed by atoms with Crippen molar-refractivity contribution in [1.82, 2.24) is 10.9 Å². The number of hydrogen-bond donors (Lipinski definition) is 3. The van der Waals surface area contributed by atoms with Gasteiger partial charge in [-0.3, -0.25) is 15.0 Å². The van der Waals surface area contributed by atoms with Crippen molar-refractivity contribution in [2.45, 2.75) is 12.8 Å². The number of carbonyl (C=O) groups excluding carboxylic acids is 2. The van der Waals surface area contributed by atoms with Gasteiger partial charge in [0, 0.05) is 17.9 Å². The lowest BCUT2D eigenvalue weighted by Gasteiger charge is -1.99. The molecule has 0 saturated heterocycles. The van der Waals surface area contributed by atoms with E-state index in [0.29, 0.717) is 5.02 Å². The number of nitrogens with two attached hydrogens (primary N) is 1. The van der Waals surface area contributed by atoms with Crippen molar-refractivity contribution in [2.24, 2.45) is 10.9 Å². The molecule has 0 unspecified atom stereocenters. The number of nitrogens with one attached hydrogen (secondary N) is 2. The Kier molecular flexibility index (Phi) is 5.83. The smallest absolute Gasteiger partial charge is 0.240 e. The summed E-state index contributed by atoms with van der Waals surface area (Å²) < 4.78 is 0. The van der Waals surface area contributed by atoms with Gasteiger partial charge in [-0.05, 0) is 17.7 Å². The van der Waals surface area contributed by atoms with E-state index >= 15 is 0 Å². The van der Waals surface area contributed by atoms with Crippen LogP contribution in [0, 0.1) is 0 Å². The second kappa shape index (κ2) is 7.41. The summed E-state index contributed by atoms with van der Waals surface area (Å²) in [5, 5.41) is 4.37. The molecule has 1 aromatic rings. The lowest BCUT2D eigenvalue weighted by atomic mass is 10.2. The first kappa shape index (κ1) is 14.1. The minimum atomic E-state index is -0.396. The van der Waals surface area contributed by atoms with Gasteiger partial charge in [0.15, 0.2) is 0 Å². The first-order valence-corrected chi connectivity index (χ1v) is 5.56. The average molecular weight is 269 g/mol. The molecule has 1 aromatic carbocycles. The third kappa shape index (κ3) is 5.42. The molecule has 0 aliphatic carbocycles. The molecule has 0 fully saturated rings. The van der Waals surface area contributed by atoms with E-state index in [4.69, 9.17) is 17.4 Å². The Morgan fingerprint density at radius 2 is 1.83 bits per heavy atom. The number of rotatable bonds is 5. The van der Waals surface area contributed by atoms with Crippen LogP contribution in [0.1, 0.15) is 18.4 Å². The van der Waals surface area contributed by atoms with Crippen LogP contribution in [0.2, 0.25) is 5.02 Å². The molecule has 96 valence electrons. The number of benzene rings is 1. The number of hydrogen-bond acceptors (Lipinski definition) is 4. The van der Waals surface area contributed by atoms with Crippen molar-refractivity contribution in [2.75, 3.05) is 0 Å². The van der Waals surface area contributed by atoms with Crippen LogP contribution in [0.25, 0.3) is 0 Å². The molecule has 4 N–H and O–H groups in total. The highest BCUT2D eigenvalue weighted by Gasteiger charge is 2.03. The van der Waals surface area contributed by atoms with Crippen molar-refractivity contribution >= 4 is 29.6 Å². The molecule has 7 heteroatoms. The van der Waals surface area contributed by atoms with Gasteiger partial charge in [0.25, 0.3) is 0 Å². The number of halogens is 1. The van der Waals surface area contributed by atoms with Crippen molar-refractivity contribution in [3.05, 3.63) is 34.9 Å². The van der Waals surface area contributed by atoms with E-state index in [-0.39, 0.29) is 18.7 Å². The topological polar surface area (TPSA) is 96.6 Å². The summed E-state index contributed by atoms with van der Waals surface area (Å²) in [6.45, 7) is 0. The Bertz CT molecular complexity index is 445. The summed E-state index contributed by atoms with van der Waals surface area (Å²) in [5.74, 6) is 4.12. The van der Waals surface area contributed by atoms with Gasteiger partial charge in [-0.2, -0.15) is 5.10 Å². The number of hydrazine groups is 1. The van der Waals surface area contributed by atoms with E-state index in [1.165, 1.54) is 6.21 Å². The molecule has 6 nitrogen and oxygen atoms in total. The van der Waals surface area contributed by atoms with E-state index in [1.54, 1.807) is 24.3 Å². The monoisotopic (exact) mass is 268 g/mol. The summed E-state index contributed by atoms with van der Waals surface area (Å²) in [5.41, 5.74) is 5.04.